The first-order valence-corrected chi connectivity index (χ1v) is 4.35. The topological polar surface area (TPSA) is 44.1 Å². The molecule has 66 valence electrons. The van der Waals surface area contributed by atoms with Gasteiger partial charge < -0.3 is 4.74 Å². The molecule has 0 atom stereocenters. The highest BCUT2D eigenvalue weighted by molar-refractivity contribution is 14.1. The maximum atomic E-state index is 11.2. The average Bonchev–Trinajstić information content (AvgIpc) is 2.26. The predicted octanol–water partition coefficient (Wildman–Crippen LogP) is 1.48. The number of methoxy groups -OCH3 is 1. The molecule has 12 heavy (non-hydrogen) atoms. The van der Waals surface area contributed by atoms with Crippen molar-refractivity contribution in [3.05, 3.63) is 17.0 Å². The molecule has 0 saturated carbocycles. The Hall–Kier alpha value is -0.590. The average molecular weight is 280 g/mol. The Bertz CT molecular complexity index is 319. The van der Waals surface area contributed by atoms with Crippen molar-refractivity contribution in [3.8, 4) is 0 Å². The van der Waals surface area contributed by atoms with E-state index in [2.05, 4.69) is 9.84 Å². The zero-order chi connectivity index (χ0) is 9.30. The molecule has 0 aliphatic rings. The fourth-order valence-corrected chi connectivity index (χ4v) is 1.57. The zero-order valence-corrected chi connectivity index (χ0v) is 9.25. The monoisotopic (exact) mass is 280 g/mol. The molecule has 0 radical (unpaired) electrons. The summed E-state index contributed by atoms with van der Waals surface area (Å²) < 4.78 is 6.25. The molecule has 5 heteroatoms. The third-order valence-corrected chi connectivity index (χ3v) is 2.57. The van der Waals surface area contributed by atoms with Crippen LogP contribution >= 0.6 is 22.9 Å². The number of hydrogen-bond donors (Lipinski definition) is 0. The van der Waals surface area contributed by atoms with Crippen LogP contribution in [0, 0.1) is 13.8 Å². The highest BCUT2D eigenvalue weighted by Gasteiger charge is 2.17. The number of carbonyl (C=O) groups is 1. The molecule has 4 nitrogen and oxygen atoms in total. The van der Waals surface area contributed by atoms with Crippen LogP contribution in [-0.2, 0) is 4.74 Å². The molecular weight excluding hydrogens is 271 g/mol. The highest BCUT2D eigenvalue weighted by atomic mass is 127. The van der Waals surface area contributed by atoms with Crippen LogP contribution in [-0.4, -0.2) is 21.1 Å². The van der Waals surface area contributed by atoms with Gasteiger partial charge in [0.15, 0.2) is 0 Å². The molecule has 1 aromatic heterocycles. The minimum absolute atomic E-state index is 0.326. The molecule has 1 heterocycles. The SMILES string of the molecule is COC(=O)c1c(C)nn(I)c1C. The minimum atomic E-state index is -0.326. The van der Waals surface area contributed by atoms with E-state index < -0.39 is 0 Å². The Balaban J connectivity index is 3.22. The second kappa shape index (κ2) is 3.42. The smallest absolute Gasteiger partial charge is 0.341 e. The van der Waals surface area contributed by atoms with Crippen LogP contribution in [0.3, 0.4) is 0 Å². The molecule has 0 amide bonds. The summed E-state index contributed by atoms with van der Waals surface area (Å²) in [4.78, 5) is 11.2. The van der Waals surface area contributed by atoms with Crippen molar-refractivity contribution >= 4 is 28.8 Å². The summed E-state index contributed by atoms with van der Waals surface area (Å²) >= 11 is 2.02. The lowest BCUT2D eigenvalue weighted by molar-refractivity contribution is 0.0599. The van der Waals surface area contributed by atoms with Crippen LogP contribution in [0.2, 0.25) is 0 Å². The number of halogens is 1. The van der Waals surface area contributed by atoms with Crippen LogP contribution in [0.15, 0.2) is 0 Å². The van der Waals surface area contributed by atoms with Crippen molar-refractivity contribution in [2.75, 3.05) is 7.11 Å². The van der Waals surface area contributed by atoms with Crippen molar-refractivity contribution in [1.82, 2.24) is 7.99 Å². The quantitative estimate of drug-likeness (QED) is 0.578. The molecule has 0 aliphatic heterocycles. The van der Waals surface area contributed by atoms with Gasteiger partial charge in [0.05, 0.1) is 41.4 Å². The zero-order valence-electron chi connectivity index (χ0n) is 7.09. The number of ether oxygens (including phenoxy) is 1. The van der Waals surface area contributed by atoms with Gasteiger partial charge in [0, 0.05) is 0 Å². The lowest BCUT2D eigenvalue weighted by atomic mass is 10.2. The molecule has 0 spiro atoms. The Morgan fingerprint density at radius 1 is 1.58 bits per heavy atom. The van der Waals surface area contributed by atoms with Gasteiger partial charge in [0.1, 0.15) is 5.56 Å². The largest absolute Gasteiger partial charge is 0.465 e. The van der Waals surface area contributed by atoms with Crippen molar-refractivity contribution < 1.29 is 9.53 Å². The third-order valence-electron chi connectivity index (χ3n) is 1.63. The Morgan fingerprint density at radius 2 is 2.17 bits per heavy atom. The van der Waals surface area contributed by atoms with Crippen LogP contribution in [0.5, 0.6) is 0 Å². The number of carbonyl (C=O) groups excluding carboxylic acids is 1. The van der Waals surface area contributed by atoms with E-state index in [9.17, 15) is 4.79 Å². The van der Waals surface area contributed by atoms with Gasteiger partial charge >= 0.3 is 5.97 Å². The van der Waals surface area contributed by atoms with E-state index in [1.807, 2.05) is 29.8 Å². The highest BCUT2D eigenvalue weighted by Crippen LogP contribution is 2.15. The molecule has 0 bridgehead atoms. The predicted molar refractivity (Wildman–Crippen MR) is 52.5 cm³/mol. The van der Waals surface area contributed by atoms with Gasteiger partial charge in [-0.1, -0.05) is 0 Å². The summed E-state index contributed by atoms with van der Waals surface area (Å²) in [5.41, 5.74) is 2.08. The molecule has 1 rings (SSSR count). The lowest BCUT2D eigenvalue weighted by Gasteiger charge is -1.97. The fraction of sp³-hybridized carbons (Fsp3) is 0.429. The molecule has 0 fully saturated rings. The van der Waals surface area contributed by atoms with E-state index in [4.69, 9.17) is 0 Å². The third kappa shape index (κ3) is 1.45. The first-order valence-electron chi connectivity index (χ1n) is 3.38. The summed E-state index contributed by atoms with van der Waals surface area (Å²) in [6.07, 6.45) is 0. The maximum Gasteiger partial charge on any atom is 0.341 e. The van der Waals surface area contributed by atoms with E-state index in [1.165, 1.54) is 7.11 Å². The summed E-state index contributed by atoms with van der Waals surface area (Å²) in [6.45, 7) is 3.62. The molecule has 0 unspecified atom stereocenters. The first kappa shape index (κ1) is 9.50. The molecule has 0 aliphatic carbocycles. The van der Waals surface area contributed by atoms with E-state index in [1.54, 1.807) is 9.82 Å². The number of hydrogen-bond acceptors (Lipinski definition) is 3. The summed E-state index contributed by atoms with van der Waals surface area (Å²) in [6, 6.07) is 0. The van der Waals surface area contributed by atoms with Gasteiger partial charge in [-0.25, -0.2) is 7.69 Å². The van der Waals surface area contributed by atoms with Crippen LogP contribution in [0.1, 0.15) is 21.7 Å². The Morgan fingerprint density at radius 3 is 2.50 bits per heavy atom. The van der Waals surface area contributed by atoms with E-state index in [0.29, 0.717) is 11.3 Å². The molecular formula is C7H9IN2O2. The minimum Gasteiger partial charge on any atom is -0.465 e. The van der Waals surface area contributed by atoms with Gasteiger partial charge in [0.2, 0.25) is 0 Å². The second-order valence-electron chi connectivity index (χ2n) is 2.40. The van der Waals surface area contributed by atoms with Gasteiger partial charge in [-0.05, 0) is 13.8 Å². The summed E-state index contributed by atoms with van der Waals surface area (Å²) in [5, 5.41) is 4.08. The Kier molecular flexibility index (Phi) is 2.71. The van der Waals surface area contributed by atoms with E-state index >= 15 is 0 Å². The lowest BCUT2D eigenvalue weighted by Crippen LogP contribution is -2.03. The van der Waals surface area contributed by atoms with Crippen LogP contribution in [0.4, 0.5) is 0 Å². The fourth-order valence-electron chi connectivity index (χ4n) is 1.01. The molecule has 1 aromatic rings. The van der Waals surface area contributed by atoms with Crippen LogP contribution < -0.4 is 0 Å². The maximum absolute atomic E-state index is 11.2. The number of aromatic nitrogens is 2. The molecule has 0 aromatic carbocycles. The Labute approximate surface area is 84.4 Å². The van der Waals surface area contributed by atoms with E-state index in [-0.39, 0.29) is 5.97 Å². The number of nitrogens with zero attached hydrogens (tertiary/aromatic N) is 2. The number of aryl methyl sites for hydroxylation is 1. The van der Waals surface area contributed by atoms with Crippen molar-refractivity contribution in [1.29, 1.82) is 0 Å². The van der Waals surface area contributed by atoms with Crippen molar-refractivity contribution in [2.45, 2.75) is 13.8 Å². The van der Waals surface area contributed by atoms with Gasteiger partial charge in [-0.2, -0.15) is 5.10 Å². The van der Waals surface area contributed by atoms with Crippen LogP contribution in [0.25, 0.3) is 0 Å². The summed E-state index contributed by atoms with van der Waals surface area (Å²) in [7, 11) is 1.37. The van der Waals surface area contributed by atoms with Gasteiger partial charge in [-0.15, -0.1) is 0 Å². The first-order chi connectivity index (χ1) is 5.57. The normalized spacial score (nSPS) is 10.0. The molecule has 0 saturated heterocycles. The van der Waals surface area contributed by atoms with Gasteiger partial charge in [0.25, 0.3) is 0 Å². The van der Waals surface area contributed by atoms with Crippen molar-refractivity contribution in [2.24, 2.45) is 0 Å². The van der Waals surface area contributed by atoms with Crippen molar-refractivity contribution in [3.63, 3.8) is 0 Å². The second-order valence-corrected chi connectivity index (χ2v) is 3.31. The number of rotatable bonds is 1. The van der Waals surface area contributed by atoms with Gasteiger partial charge in [-0.3, -0.25) is 0 Å². The summed E-state index contributed by atoms with van der Waals surface area (Å²) in [5.74, 6) is -0.326. The molecule has 0 N–H and O–H groups in total. The van der Waals surface area contributed by atoms with E-state index in [0.717, 1.165) is 5.69 Å². The number of esters is 1. The standard InChI is InChI=1S/C7H9IN2O2/c1-4-6(7(11)12-3)5(2)10(8)9-4/h1-3H3.